The summed E-state index contributed by atoms with van der Waals surface area (Å²) in [5.41, 5.74) is 1.16. The van der Waals surface area contributed by atoms with E-state index in [1.807, 2.05) is 12.1 Å². The molecule has 1 aliphatic heterocycles. The fraction of sp³-hybridized carbons (Fsp3) is 0.625. The number of hydrogen-bond donors (Lipinski definition) is 2. The Labute approximate surface area is 127 Å². The van der Waals surface area contributed by atoms with Crippen molar-refractivity contribution in [2.24, 2.45) is 0 Å². The van der Waals surface area contributed by atoms with Crippen molar-refractivity contribution in [3.8, 4) is 5.75 Å². The molecule has 3 nitrogen and oxygen atoms in total. The van der Waals surface area contributed by atoms with Crippen LogP contribution < -0.4 is 15.0 Å². The van der Waals surface area contributed by atoms with Crippen LogP contribution in [0, 0.1) is 0 Å². The molecule has 1 fully saturated rings. The third-order valence-electron chi connectivity index (χ3n) is 4.00. The predicted octanol–water partition coefficient (Wildman–Crippen LogP) is 0.523. The maximum atomic E-state index is 6.11. The Morgan fingerprint density at radius 2 is 2.05 bits per heavy atom. The molecule has 1 aliphatic rings. The summed E-state index contributed by atoms with van der Waals surface area (Å²) < 4.78 is 5.82. The largest absolute Gasteiger partial charge is 0.494 e. The van der Waals surface area contributed by atoms with Gasteiger partial charge in [0.1, 0.15) is 31.9 Å². The van der Waals surface area contributed by atoms with E-state index in [1.54, 1.807) is 4.90 Å². The number of unbranched alkanes of at least 4 members (excludes halogenated alkanes) is 1. The van der Waals surface area contributed by atoms with Gasteiger partial charge >= 0.3 is 0 Å². The van der Waals surface area contributed by atoms with Crippen LogP contribution in [0.3, 0.4) is 0 Å². The average Bonchev–Trinajstić information content (AvgIpc) is 2.49. The van der Waals surface area contributed by atoms with Crippen molar-refractivity contribution >= 4 is 11.6 Å². The van der Waals surface area contributed by atoms with Gasteiger partial charge in [-0.1, -0.05) is 18.5 Å². The van der Waals surface area contributed by atoms with Crippen molar-refractivity contribution in [1.82, 2.24) is 0 Å². The molecular formula is C16H27ClN2O+2. The molecule has 0 aromatic heterocycles. The van der Waals surface area contributed by atoms with Gasteiger partial charge in [0.2, 0.25) is 0 Å². The second-order valence-corrected chi connectivity index (χ2v) is 5.94. The molecule has 3 N–H and O–H groups in total. The zero-order valence-corrected chi connectivity index (χ0v) is 13.2. The number of quaternary nitrogens is 2. The Morgan fingerprint density at radius 1 is 1.25 bits per heavy atom. The number of halogens is 1. The lowest BCUT2D eigenvalue weighted by Gasteiger charge is -2.22. The zero-order chi connectivity index (χ0) is 14.2. The molecule has 1 aromatic rings. The zero-order valence-electron chi connectivity index (χ0n) is 12.5. The van der Waals surface area contributed by atoms with E-state index in [0.29, 0.717) is 0 Å². The molecule has 2 rings (SSSR count). The third-order valence-corrected chi connectivity index (χ3v) is 4.36. The number of nitrogens with two attached hydrogens (primary N) is 1. The minimum absolute atomic E-state index is 0.810. The molecule has 0 bridgehead atoms. The van der Waals surface area contributed by atoms with Crippen molar-refractivity contribution in [3.05, 3.63) is 28.8 Å². The Hall–Kier alpha value is -0.770. The molecule has 1 heterocycles. The minimum Gasteiger partial charge on any atom is -0.494 e. The van der Waals surface area contributed by atoms with E-state index in [0.717, 1.165) is 35.8 Å². The first-order valence-corrected chi connectivity index (χ1v) is 8.24. The van der Waals surface area contributed by atoms with Crippen LogP contribution in [-0.2, 0) is 6.42 Å². The van der Waals surface area contributed by atoms with Gasteiger partial charge in [0.15, 0.2) is 0 Å². The second kappa shape index (κ2) is 8.50. The van der Waals surface area contributed by atoms with Crippen molar-refractivity contribution in [3.63, 3.8) is 0 Å². The summed E-state index contributed by atoms with van der Waals surface area (Å²) in [6, 6.07) is 5.96. The molecule has 1 saturated heterocycles. The van der Waals surface area contributed by atoms with Crippen LogP contribution in [0.2, 0.25) is 5.02 Å². The van der Waals surface area contributed by atoms with Crippen LogP contribution in [0.4, 0.5) is 0 Å². The summed E-state index contributed by atoms with van der Waals surface area (Å²) in [6.07, 6.45) is 3.34. The van der Waals surface area contributed by atoms with Crippen molar-refractivity contribution in [2.75, 3.05) is 39.3 Å². The molecule has 0 radical (unpaired) electrons. The van der Waals surface area contributed by atoms with E-state index in [1.165, 1.54) is 39.1 Å². The maximum absolute atomic E-state index is 6.11. The molecule has 20 heavy (non-hydrogen) atoms. The van der Waals surface area contributed by atoms with Gasteiger partial charge in [0.05, 0.1) is 13.2 Å². The lowest BCUT2D eigenvalue weighted by Crippen LogP contribution is -3.20. The molecule has 0 amide bonds. The highest BCUT2D eigenvalue weighted by Gasteiger charge is 2.14. The van der Waals surface area contributed by atoms with Crippen LogP contribution in [-0.4, -0.2) is 39.3 Å². The number of piperazine rings is 1. The van der Waals surface area contributed by atoms with Gasteiger partial charge in [-0.25, -0.2) is 0 Å². The fourth-order valence-corrected chi connectivity index (χ4v) is 2.96. The van der Waals surface area contributed by atoms with Crippen molar-refractivity contribution in [1.29, 1.82) is 0 Å². The monoisotopic (exact) mass is 298 g/mol. The first-order valence-electron chi connectivity index (χ1n) is 7.86. The number of aryl methyl sites for hydroxylation is 1. The summed E-state index contributed by atoms with van der Waals surface area (Å²) in [5.74, 6) is 0.950. The van der Waals surface area contributed by atoms with E-state index in [9.17, 15) is 0 Å². The lowest BCUT2D eigenvalue weighted by atomic mass is 10.1. The third kappa shape index (κ3) is 4.97. The molecule has 0 aliphatic carbocycles. The van der Waals surface area contributed by atoms with Gasteiger partial charge in [-0.2, -0.15) is 0 Å². The number of ether oxygens (including phenoxy) is 1. The summed E-state index contributed by atoms with van der Waals surface area (Å²) in [6.45, 7) is 9.43. The summed E-state index contributed by atoms with van der Waals surface area (Å²) in [5, 5.41) is 3.25. The minimum atomic E-state index is 0.810. The van der Waals surface area contributed by atoms with Crippen LogP contribution in [0.1, 0.15) is 25.3 Å². The van der Waals surface area contributed by atoms with Gasteiger partial charge in [-0.3, -0.25) is 0 Å². The predicted molar refractivity (Wildman–Crippen MR) is 82.8 cm³/mol. The maximum Gasteiger partial charge on any atom is 0.127 e. The number of hydrogen-bond acceptors (Lipinski definition) is 1. The van der Waals surface area contributed by atoms with E-state index < -0.39 is 0 Å². The molecule has 0 spiro atoms. The molecule has 112 valence electrons. The normalized spacial score (nSPS) is 16.3. The van der Waals surface area contributed by atoms with Gasteiger partial charge in [0.25, 0.3) is 0 Å². The van der Waals surface area contributed by atoms with Crippen molar-refractivity contribution < 1.29 is 15.0 Å². The molecule has 4 heteroatoms. The van der Waals surface area contributed by atoms with Crippen LogP contribution in [0.15, 0.2) is 18.2 Å². The summed E-state index contributed by atoms with van der Waals surface area (Å²) in [4.78, 5) is 1.76. The van der Waals surface area contributed by atoms with Crippen molar-refractivity contribution in [2.45, 2.75) is 26.2 Å². The molecule has 0 unspecified atom stereocenters. The Bertz CT molecular complexity index is 405. The van der Waals surface area contributed by atoms with Crippen LogP contribution >= 0.6 is 11.6 Å². The van der Waals surface area contributed by atoms with E-state index >= 15 is 0 Å². The van der Waals surface area contributed by atoms with Gasteiger partial charge in [-0.15, -0.1) is 0 Å². The van der Waals surface area contributed by atoms with E-state index in [-0.39, 0.29) is 0 Å². The highest BCUT2D eigenvalue weighted by Crippen LogP contribution is 2.22. The Kier molecular flexibility index (Phi) is 6.64. The quantitative estimate of drug-likeness (QED) is 0.707. The van der Waals surface area contributed by atoms with Gasteiger partial charge in [-0.05, 0) is 43.0 Å². The lowest BCUT2D eigenvalue weighted by molar-refractivity contribution is -0.946. The molecule has 0 atom stereocenters. The molecule has 1 aromatic carbocycles. The number of nitrogens with one attached hydrogen (secondary N) is 1. The molecular weight excluding hydrogens is 272 g/mol. The first-order chi connectivity index (χ1) is 9.79. The highest BCUT2D eigenvalue weighted by molar-refractivity contribution is 6.31. The second-order valence-electron chi connectivity index (χ2n) is 5.53. The average molecular weight is 299 g/mol. The fourth-order valence-electron chi connectivity index (χ4n) is 2.71. The Morgan fingerprint density at radius 3 is 2.80 bits per heavy atom. The van der Waals surface area contributed by atoms with Gasteiger partial charge < -0.3 is 15.0 Å². The Balaban J connectivity index is 1.63. The first kappa shape index (κ1) is 15.6. The molecule has 0 saturated carbocycles. The number of rotatable bonds is 7. The summed E-state index contributed by atoms with van der Waals surface area (Å²) in [7, 11) is 0. The van der Waals surface area contributed by atoms with Gasteiger partial charge in [0, 0.05) is 5.02 Å². The summed E-state index contributed by atoms with van der Waals surface area (Å²) >= 11 is 6.11. The number of benzene rings is 1. The standard InChI is InChI=1S/C16H25ClN2O/c1-2-14-13-15(5-6-16(14)17)20-12-4-3-9-19-10-7-18-8-11-19/h5-6,13,18H,2-4,7-12H2,1H3/p+2. The van der Waals surface area contributed by atoms with E-state index in [4.69, 9.17) is 16.3 Å². The topological polar surface area (TPSA) is 30.3 Å². The smallest absolute Gasteiger partial charge is 0.127 e. The van der Waals surface area contributed by atoms with E-state index in [2.05, 4.69) is 18.3 Å². The SMILES string of the molecule is CCc1cc(OCCCC[NH+]2CC[NH2+]CC2)ccc1Cl. The van der Waals surface area contributed by atoms with Crippen LogP contribution in [0.25, 0.3) is 0 Å². The van der Waals surface area contributed by atoms with Crippen LogP contribution in [0.5, 0.6) is 5.75 Å². The highest BCUT2D eigenvalue weighted by atomic mass is 35.5.